The van der Waals surface area contributed by atoms with E-state index in [0.717, 1.165) is 5.56 Å². The fourth-order valence-electron chi connectivity index (χ4n) is 3.82. The molecule has 0 bridgehead atoms. The first-order valence-electron chi connectivity index (χ1n) is 11.1. The van der Waals surface area contributed by atoms with Crippen LogP contribution in [0.1, 0.15) is 6.92 Å². The summed E-state index contributed by atoms with van der Waals surface area (Å²) < 4.78 is 1.57. The molecule has 3 aromatic carbocycles. The number of carbonyl (C=O) groups is 1. The summed E-state index contributed by atoms with van der Waals surface area (Å²) in [6, 6.07) is 18.7. The molecule has 5 aromatic rings. The van der Waals surface area contributed by atoms with Crippen molar-refractivity contribution < 1.29 is 9.72 Å². The quantitative estimate of drug-likeness (QED) is 0.144. The summed E-state index contributed by atoms with van der Waals surface area (Å²) in [5, 5.41) is 14.9. The number of para-hydroxylation sites is 1. The average molecular weight is 501 g/mol. The molecule has 36 heavy (non-hydrogen) atoms. The Bertz CT molecular complexity index is 1680. The predicted octanol–water partition coefficient (Wildman–Crippen LogP) is 4.60. The van der Waals surface area contributed by atoms with E-state index in [-0.39, 0.29) is 22.9 Å². The average Bonchev–Trinajstić information content (AvgIpc) is 3.31. The number of rotatable bonds is 7. The van der Waals surface area contributed by atoms with Crippen molar-refractivity contribution in [2.45, 2.75) is 18.6 Å². The number of non-ortho nitro benzene ring substituents is 1. The minimum absolute atomic E-state index is 0.0107. The fourth-order valence-corrected chi connectivity index (χ4v) is 4.69. The van der Waals surface area contributed by atoms with Crippen LogP contribution in [0.5, 0.6) is 0 Å². The number of carbonyl (C=O) groups excluding carboxylic acids is 1. The summed E-state index contributed by atoms with van der Waals surface area (Å²) >= 11 is 1.21. The van der Waals surface area contributed by atoms with Crippen LogP contribution in [0.3, 0.4) is 0 Å². The van der Waals surface area contributed by atoms with Gasteiger partial charge in [0.15, 0.2) is 5.16 Å². The Labute approximate surface area is 208 Å². The summed E-state index contributed by atoms with van der Waals surface area (Å²) in [6.07, 6.45) is 0. The van der Waals surface area contributed by atoms with Gasteiger partial charge in [-0.15, -0.1) is 0 Å². The maximum Gasteiger partial charge on any atom is 0.271 e. The maximum atomic E-state index is 12.7. The fraction of sp³-hybridized carbons (Fsp3) is 0.120. The molecule has 0 unspecified atom stereocenters. The molecule has 0 atom stereocenters. The summed E-state index contributed by atoms with van der Waals surface area (Å²) in [5.74, 6) is 0.433. The van der Waals surface area contributed by atoms with E-state index in [0.29, 0.717) is 45.1 Å². The Morgan fingerprint density at radius 1 is 1.08 bits per heavy atom. The van der Waals surface area contributed by atoms with Crippen molar-refractivity contribution in [3.05, 3.63) is 87.2 Å². The van der Waals surface area contributed by atoms with Gasteiger partial charge in [0.2, 0.25) is 5.91 Å². The number of nitro groups is 1. The summed E-state index contributed by atoms with van der Waals surface area (Å²) in [7, 11) is 0. The molecule has 0 aliphatic rings. The van der Waals surface area contributed by atoms with Crippen LogP contribution in [-0.2, 0) is 11.3 Å². The molecule has 2 N–H and O–H groups in total. The first-order valence-corrected chi connectivity index (χ1v) is 12.1. The number of amides is 1. The molecule has 0 aliphatic carbocycles. The number of anilines is 1. The maximum absolute atomic E-state index is 12.7. The molecule has 0 saturated heterocycles. The van der Waals surface area contributed by atoms with Crippen LogP contribution < -0.4 is 10.9 Å². The van der Waals surface area contributed by atoms with Crippen molar-refractivity contribution in [3.8, 4) is 11.4 Å². The number of fused-ring (bicyclic) bond motifs is 2. The third-order valence-corrected chi connectivity index (χ3v) is 6.57. The highest BCUT2D eigenvalue weighted by atomic mass is 32.2. The molecule has 0 fully saturated rings. The molecular formula is C25H20N6O4S. The number of benzene rings is 3. The van der Waals surface area contributed by atoms with Crippen molar-refractivity contribution >= 4 is 51.0 Å². The highest BCUT2D eigenvalue weighted by molar-refractivity contribution is 7.99. The van der Waals surface area contributed by atoms with Crippen molar-refractivity contribution in [1.29, 1.82) is 0 Å². The minimum atomic E-state index is -0.451. The zero-order valence-corrected chi connectivity index (χ0v) is 19.9. The Morgan fingerprint density at radius 3 is 2.61 bits per heavy atom. The summed E-state index contributed by atoms with van der Waals surface area (Å²) in [4.78, 5) is 48.0. The van der Waals surface area contributed by atoms with Gasteiger partial charge in [-0.3, -0.25) is 24.3 Å². The van der Waals surface area contributed by atoms with Gasteiger partial charge in [-0.25, -0.2) is 9.97 Å². The molecule has 0 saturated carbocycles. The molecule has 2 heterocycles. The highest BCUT2D eigenvalue weighted by Gasteiger charge is 2.13. The van der Waals surface area contributed by atoms with E-state index in [4.69, 9.17) is 0 Å². The van der Waals surface area contributed by atoms with Crippen LogP contribution in [0.25, 0.3) is 33.3 Å². The smallest absolute Gasteiger partial charge is 0.271 e. The highest BCUT2D eigenvalue weighted by Crippen LogP contribution is 2.25. The van der Waals surface area contributed by atoms with Crippen molar-refractivity contribution in [1.82, 2.24) is 19.5 Å². The molecule has 1 amide bonds. The van der Waals surface area contributed by atoms with Crippen LogP contribution in [0, 0.1) is 10.1 Å². The number of thioether (sulfide) groups is 1. The van der Waals surface area contributed by atoms with Gasteiger partial charge in [0.1, 0.15) is 5.82 Å². The largest absolute Gasteiger partial charge is 0.338 e. The number of imidazole rings is 1. The summed E-state index contributed by atoms with van der Waals surface area (Å²) in [5.41, 5.74) is 3.04. The Balaban J connectivity index is 1.27. The van der Waals surface area contributed by atoms with Crippen LogP contribution >= 0.6 is 11.8 Å². The molecule has 0 radical (unpaired) electrons. The van der Waals surface area contributed by atoms with Crippen LogP contribution in [0.2, 0.25) is 0 Å². The Morgan fingerprint density at radius 2 is 1.86 bits per heavy atom. The van der Waals surface area contributed by atoms with E-state index >= 15 is 0 Å². The number of hydrogen-bond donors (Lipinski definition) is 2. The lowest BCUT2D eigenvalue weighted by atomic mass is 10.2. The second-order valence-corrected chi connectivity index (χ2v) is 8.86. The first-order chi connectivity index (χ1) is 17.4. The lowest BCUT2D eigenvalue weighted by Gasteiger charge is -2.11. The van der Waals surface area contributed by atoms with Gasteiger partial charge < -0.3 is 10.3 Å². The van der Waals surface area contributed by atoms with E-state index in [9.17, 15) is 19.7 Å². The Hall–Kier alpha value is -4.51. The monoisotopic (exact) mass is 500 g/mol. The predicted molar refractivity (Wildman–Crippen MR) is 139 cm³/mol. The van der Waals surface area contributed by atoms with E-state index in [1.165, 1.54) is 23.9 Å². The van der Waals surface area contributed by atoms with E-state index < -0.39 is 4.92 Å². The van der Waals surface area contributed by atoms with Gasteiger partial charge in [-0.2, -0.15) is 0 Å². The van der Waals surface area contributed by atoms with Gasteiger partial charge in [-0.1, -0.05) is 23.9 Å². The van der Waals surface area contributed by atoms with Crippen molar-refractivity contribution in [2.75, 3.05) is 11.1 Å². The number of H-pyrrole nitrogens is 1. The number of aromatic amines is 1. The van der Waals surface area contributed by atoms with E-state index in [1.54, 1.807) is 53.1 Å². The minimum Gasteiger partial charge on any atom is -0.338 e. The lowest BCUT2D eigenvalue weighted by Crippen LogP contribution is -2.23. The van der Waals surface area contributed by atoms with E-state index in [1.807, 2.05) is 13.0 Å². The molecule has 180 valence electrons. The van der Waals surface area contributed by atoms with Gasteiger partial charge in [0.05, 0.1) is 32.6 Å². The van der Waals surface area contributed by atoms with Crippen LogP contribution in [-0.4, -0.2) is 36.1 Å². The number of aromatic nitrogens is 4. The number of hydrogen-bond acceptors (Lipinski definition) is 7. The second kappa shape index (κ2) is 9.62. The van der Waals surface area contributed by atoms with Crippen LogP contribution in [0.4, 0.5) is 11.4 Å². The number of nitrogens with zero attached hydrogens (tertiary/aromatic N) is 4. The van der Waals surface area contributed by atoms with Gasteiger partial charge in [-0.05, 0) is 49.4 Å². The van der Waals surface area contributed by atoms with Crippen molar-refractivity contribution in [2.24, 2.45) is 0 Å². The molecule has 11 heteroatoms. The summed E-state index contributed by atoms with van der Waals surface area (Å²) in [6.45, 7) is 2.32. The normalized spacial score (nSPS) is 11.1. The van der Waals surface area contributed by atoms with Gasteiger partial charge >= 0.3 is 0 Å². The number of nitro benzene ring substituents is 1. The van der Waals surface area contributed by atoms with Crippen LogP contribution in [0.15, 0.2) is 76.7 Å². The molecule has 2 aromatic heterocycles. The molecular weight excluding hydrogens is 480 g/mol. The van der Waals surface area contributed by atoms with Crippen molar-refractivity contribution in [3.63, 3.8) is 0 Å². The molecule has 0 spiro atoms. The molecule has 0 aliphatic heterocycles. The first kappa shape index (κ1) is 23.2. The standard InChI is InChI=1S/C25H20N6O4S/c1-2-30-24(33)18-5-3-4-6-19(18)29-25(30)36-14-22(32)26-16-9-7-15(8-10-16)23-27-20-12-11-17(31(34)35)13-21(20)28-23/h3-13H,2,14H2,1H3,(H,26,32)(H,27,28). The number of nitrogens with one attached hydrogen (secondary N) is 2. The lowest BCUT2D eigenvalue weighted by molar-refractivity contribution is -0.384. The van der Waals surface area contributed by atoms with Gasteiger partial charge in [0.25, 0.3) is 11.2 Å². The Kier molecular flexibility index (Phi) is 6.21. The third kappa shape index (κ3) is 4.56. The topological polar surface area (TPSA) is 136 Å². The second-order valence-electron chi connectivity index (χ2n) is 7.92. The SMILES string of the molecule is CCn1c(SCC(=O)Nc2ccc(-c3nc4ccc([N+](=O)[O-])cc4[nH]3)cc2)nc2ccccc2c1=O. The zero-order valence-electron chi connectivity index (χ0n) is 19.1. The van der Waals surface area contributed by atoms with Gasteiger partial charge in [0, 0.05) is 29.9 Å². The van der Waals surface area contributed by atoms with E-state index in [2.05, 4.69) is 20.3 Å². The zero-order chi connectivity index (χ0) is 25.2. The molecule has 5 rings (SSSR count). The molecule has 10 nitrogen and oxygen atoms in total. The third-order valence-electron chi connectivity index (χ3n) is 5.59.